The number of benzene rings is 2. The summed E-state index contributed by atoms with van der Waals surface area (Å²) in [6.07, 6.45) is 1.90. The lowest BCUT2D eigenvalue weighted by atomic mass is 9.87. The van der Waals surface area contributed by atoms with Gasteiger partial charge in [-0.15, -0.1) is 0 Å². The standard InChI is InChI=1S/C24H30N2O3/c1-18-7-6-10-20(15-18)22-12-11-21(24(28)25-13-14-29-2)17-26(22)23(27)16-19-8-4-3-5-9-19/h3-10,15,21-22H,11-14,16-17H2,1-2H3,(H,25,28)/t21-,22-/m1/s1. The average Bonchev–Trinajstić information content (AvgIpc) is 2.74. The number of likely N-dealkylation sites (tertiary alicyclic amines) is 1. The van der Waals surface area contributed by atoms with E-state index in [1.807, 2.05) is 41.3 Å². The molecule has 1 fully saturated rings. The van der Waals surface area contributed by atoms with Gasteiger partial charge in [0.1, 0.15) is 0 Å². The molecule has 0 spiro atoms. The number of carbonyl (C=O) groups excluding carboxylic acids is 2. The topological polar surface area (TPSA) is 58.6 Å². The summed E-state index contributed by atoms with van der Waals surface area (Å²) in [5.74, 6) is -0.119. The first-order chi connectivity index (χ1) is 14.1. The van der Waals surface area contributed by atoms with Gasteiger partial charge in [-0.3, -0.25) is 9.59 Å². The number of methoxy groups -OCH3 is 1. The molecule has 5 heteroatoms. The summed E-state index contributed by atoms with van der Waals surface area (Å²) in [5.41, 5.74) is 3.31. The van der Waals surface area contributed by atoms with Crippen molar-refractivity contribution in [3.05, 3.63) is 71.3 Å². The van der Waals surface area contributed by atoms with Gasteiger partial charge in [0, 0.05) is 20.2 Å². The van der Waals surface area contributed by atoms with Gasteiger partial charge in [-0.1, -0.05) is 60.2 Å². The van der Waals surface area contributed by atoms with Crippen LogP contribution in [0.4, 0.5) is 0 Å². The fraction of sp³-hybridized carbons (Fsp3) is 0.417. The van der Waals surface area contributed by atoms with E-state index in [0.717, 1.165) is 24.0 Å². The molecule has 2 atom stereocenters. The molecule has 5 nitrogen and oxygen atoms in total. The predicted molar refractivity (Wildman–Crippen MR) is 113 cm³/mol. The van der Waals surface area contributed by atoms with Gasteiger partial charge in [-0.05, 0) is 30.9 Å². The number of hydrogen-bond acceptors (Lipinski definition) is 3. The molecular weight excluding hydrogens is 364 g/mol. The van der Waals surface area contributed by atoms with E-state index < -0.39 is 0 Å². The predicted octanol–water partition coefficient (Wildman–Crippen LogP) is 3.28. The van der Waals surface area contributed by atoms with Gasteiger partial charge in [0.25, 0.3) is 0 Å². The van der Waals surface area contributed by atoms with E-state index in [9.17, 15) is 9.59 Å². The molecular formula is C24H30N2O3. The highest BCUT2D eigenvalue weighted by atomic mass is 16.5. The molecule has 2 aromatic rings. The number of nitrogens with one attached hydrogen (secondary N) is 1. The lowest BCUT2D eigenvalue weighted by Gasteiger charge is -2.39. The highest BCUT2D eigenvalue weighted by Gasteiger charge is 2.35. The summed E-state index contributed by atoms with van der Waals surface area (Å²) in [7, 11) is 1.61. The minimum atomic E-state index is -0.187. The largest absolute Gasteiger partial charge is 0.383 e. The second-order valence-corrected chi connectivity index (χ2v) is 7.70. The van der Waals surface area contributed by atoms with Crippen LogP contribution in [-0.2, 0) is 20.7 Å². The van der Waals surface area contributed by atoms with Gasteiger partial charge in [0.05, 0.1) is 25.0 Å². The van der Waals surface area contributed by atoms with Gasteiger partial charge < -0.3 is 15.0 Å². The van der Waals surface area contributed by atoms with Crippen LogP contribution in [0.25, 0.3) is 0 Å². The van der Waals surface area contributed by atoms with Crippen LogP contribution >= 0.6 is 0 Å². The molecule has 0 saturated carbocycles. The lowest BCUT2D eigenvalue weighted by molar-refractivity contribution is -0.138. The Morgan fingerprint density at radius 1 is 1.10 bits per heavy atom. The number of rotatable bonds is 7. The highest BCUT2D eigenvalue weighted by molar-refractivity contribution is 5.82. The minimum Gasteiger partial charge on any atom is -0.383 e. The van der Waals surface area contributed by atoms with Crippen molar-refractivity contribution in [2.24, 2.45) is 5.92 Å². The molecule has 1 heterocycles. The smallest absolute Gasteiger partial charge is 0.227 e. The molecule has 1 N–H and O–H groups in total. The first-order valence-electron chi connectivity index (χ1n) is 10.2. The zero-order valence-electron chi connectivity index (χ0n) is 17.3. The van der Waals surface area contributed by atoms with E-state index in [-0.39, 0.29) is 23.8 Å². The number of carbonyl (C=O) groups is 2. The first kappa shape index (κ1) is 21.1. The SMILES string of the molecule is COCCNC(=O)[C@@H]1CC[C@H](c2cccc(C)c2)N(C(=O)Cc2ccccc2)C1. The van der Waals surface area contributed by atoms with Crippen molar-refractivity contribution in [3.8, 4) is 0 Å². The molecule has 3 rings (SSSR count). The van der Waals surface area contributed by atoms with Gasteiger partial charge in [-0.25, -0.2) is 0 Å². The third kappa shape index (κ3) is 5.67. The number of nitrogens with zero attached hydrogens (tertiary/aromatic N) is 1. The molecule has 0 bridgehead atoms. The van der Waals surface area contributed by atoms with Crippen molar-refractivity contribution in [1.82, 2.24) is 10.2 Å². The zero-order chi connectivity index (χ0) is 20.6. The van der Waals surface area contributed by atoms with Crippen LogP contribution in [-0.4, -0.2) is 43.5 Å². The van der Waals surface area contributed by atoms with Crippen molar-refractivity contribution < 1.29 is 14.3 Å². The fourth-order valence-corrected chi connectivity index (χ4v) is 3.98. The van der Waals surface area contributed by atoms with Crippen LogP contribution in [0.3, 0.4) is 0 Å². The van der Waals surface area contributed by atoms with Crippen molar-refractivity contribution in [2.45, 2.75) is 32.2 Å². The van der Waals surface area contributed by atoms with Crippen LogP contribution in [0.5, 0.6) is 0 Å². The van der Waals surface area contributed by atoms with Crippen LogP contribution < -0.4 is 5.32 Å². The van der Waals surface area contributed by atoms with E-state index in [1.165, 1.54) is 5.56 Å². The third-order valence-electron chi connectivity index (χ3n) is 5.50. The van der Waals surface area contributed by atoms with Gasteiger partial charge >= 0.3 is 0 Å². The Balaban J connectivity index is 1.77. The Morgan fingerprint density at radius 2 is 1.90 bits per heavy atom. The van der Waals surface area contributed by atoms with Gasteiger partial charge in [0.2, 0.25) is 11.8 Å². The number of piperidine rings is 1. The van der Waals surface area contributed by atoms with Gasteiger partial charge in [0.15, 0.2) is 0 Å². The molecule has 2 amide bonds. The normalized spacial score (nSPS) is 19.0. The molecule has 0 unspecified atom stereocenters. The Bertz CT molecular complexity index is 822. The Labute approximate surface area is 173 Å². The highest BCUT2D eigenvalue weighted by Crippen LogP contribution is 2.34. The van der Waals surface area contributed by atoms with E-state index in [0.29, 0.717) is 26.1 Å². The van der Waals surface area contributed by atoms with Crippen molar-refractivity contribution >= 4 is 11.8 Å². The molecule has 1 aliphatic rings. The number of hydrogen-bond donors (Lipinski definition) is 1. The molecule has 2 aromatic carbocycles. The van der Waals surface area contributed by atoms with Gasteiger partial charge in [-0.2, -0.15) is 0 Å². The molecule has 1 aliphatic heterocycles. The zero-order valence-corrected chi connectivity index (χ0v) is 17.3. The van der Waals surface area contributed by atoms with Crippen molar-refractivity contribution in [1.29, 1.82) is 0 Å². The summed E-state index contributed by atoms with van der Waals surface area (Å²) in [6.45, 7) is 3.49. The summed E-state index contributed by atoms with van der Waals surface area (Å²) in [6, 6.07) is 18.1. The maximum Gasteiger partial charge on any atom is 0.227 e. The summed E-state index contributed by atoms with van der Waals surface area (Å²) < 4.78 is 5.01. The van der Waals surface area contributed by atoms with Crippen LogP contribution in [0.1, 0.15) is 35.6 Å². The summed E-state index contributed by atoms with van der Waals surface area (Å²) >= 11 is 0. The fourth-order valence-electron chi connectivity index (χ4n) is 3.98. The maximum atomic E-state index is 13.2. The van der Waals surface area contributed by atoms with E-state index in [2.05, 4.69) is 30.4 Å². The average molecular weight is 395 g/mol. The van der Waals surface area contributed by atoms with E-state index >= 15 is 0 Å². The summed E-state index contributed by atoms with van der Waals surface area (Å²) in [4.78, 5) is 27.7. The molecule has 0 aliphatic carbocycles. The molecule has 0 aromatic heterocycles. The number of aryl methyl sites for hydroxylation is 1. The Hall–Kier alpha value is -2.66. The minimum absolute atomic E-state index is 0.00209. The van der Waals surface area contributed by atoms with Crippen molar-refractivity contribution in [2.75, 3.05) is 26.8 Å². The van der Waals surface area contributed by atoms with Crippen LogP contribution in [0.2, 0.25) is 0 Å². The monoisotopic (exact) mass is 394 g/mol. The molecule has 154 valence electrons. The second kappa shape index (κ2) is 10.2. The maximum absolute atomic E-state index is 13.2. The summed E-state index contributed by atoms with van der Waals surface area (Å²) in [5, 5.41) is 2.92. The number of amides is 2. The third-order valence-corrected chi connectivity index (χ3v) is 5.50. The first-order valence-corrected chi connectivity index (χ1v) is 10.2. The Kier molecular flexibility index (Phi) is 7.42. The van der Waals surface area contributed by atoms with Crippen LogP contribution in [0.15, 0.2) is 54.6 Å². The molecule has 0 radical (unpaired) electrons. The van der Waals surface area contributed by atoms with E-state index in [1.54, 1.807) is 7.11 Å². The number of ether oxygens (including phenoxy) is 1. The lowest BCUT2D eigenvalue weighted by Crippen LogP contribution is -2.47. The molecule has 29 heavy (non-hydrogen) atoms. The van der Waals surface area contributed by atoms with Crippen molar-refractivity contribution in [3.63, 3.8) is 0 Å². The van der Waals surface area contributed by atoms with E-state index in [4.69, 9.17) is 4.74 Å². The van der Waals surface area contributed by atoms with Crippen LogP contribution in [0, 0.1) is 12.8 Å². The Morgan fingerprint density at radius 3 is 2.62 bits per heavy atom. The second-order valence-electron chi connectivity index (χ2n) is 7.70. The quantitative estimate of drug-likeness (QED) is 0.733. The molecule has 1 saturated heterocycles.